The molecule has 0 spiro atoms. The van der Waals surface area contributed by atoms with Crippen molar-refractivity contribution >= 4 is 5.91 Å². The molecule has 1 fully saturated rings. The van der Waals surface area contributed by atoms with Gasteiger partial charge in [0.25, 0.3) is 0 Å². The minimum atomic E-state index is -0.589. The molecule has 0 aromatic heterocycles. The smallest absolute Gasteiger partial charge is 0.237 e. The van der Waals surface area contributed by atoms with Crippen LogP contribution in [0, 0.1) is 17.1 Å². The predicted molar refractivity (Wildman–Crippen MR) is 69.9 cm³/mol. The number of halogens is 1. The van der Waals surface area contributed by atoms with Crippen LogP contribution in [0.1, 0.15) is 18.1 Å². The Morgan fingerprint density at radius 1 is 1.65 bits per heavy atom. The minimum absolute atomic E-state index is 0.225. The van der Waals surface area contributed by atoms with Gasteiger partial charge in [0, 0.05) is 18.7 Å². The van der Waals surface area contributed by atoms with E-state index >= 15 is 0 Å². The van der Waals surface area contributed by atoms with Crippen LogP contribution in [0.3, 0.4) is 0 Å². The highest BCUT2D eigenvalue weighted by Gasteiger charge is 2.34. The molecule has 1 aromatic rings. The predicted octanol–water partition coefficient (Wildman–Crippen LogP) is 0.772. The number of carbonyl (C=O) groups is 1. The summed E-state index contributed by atoms with van der Waals surface area (Å²) in [5.41, 5.74) is 6.16. The van der Waals surface area contributed by atoms with Gasteiger partial charge in [0.2, 0.25) is 5.91 Å². The number of ether oxygens (including phenoxy) is 1. The summed E-state index contributed by atoms with van der Waals surface area (Å²) < 4.78 is 19.2. The molecule has 0 bridgehead atoms. The van der Waals surface area contributed by atoms with Crippen LogP contribution in [-0.4, -0.2) is 36.1 Å². The van der Waals surface area contributed by atoms with Crippen molar-refractivity contribution in [3.05, 3.63) is 35.1 Å². The van der Waals surface area contributed by atoms with Gasteiger partial charge in [-0.25, -0.2) is 4.39 Å². The topological polar surface area (TPSA) is 79.3 Å². The fourth-order valence-corrected chi connectivity index (χ4v) is 2.46. The van der Waals surface area contributed by atoms with Crippen molar-refractivity contribution in [2.75, 3.05) is 13.2 Å². The number of nitriles is 1. The first kappa shape index (κ1) is 14.4. The van der Waals surface area contributed by atoms with Gasteiger partial charge >= 0.3 is 0 Å². The molecule has 1 aromatic carbocycles. The Labute approximate surface area is 116 Å². The second-order valence-electron chi connectivity index (χ2n) is 4.81. The Morgan fingerprint density at radius 2 is 2.40 bits per heavy atom. The maximum absolute atomic E-state index is 13.8. The van der Waals surface area contributed by atoms with E-state index in [-0.39, 0.29) is 12.6 Å². The molecule has 106 valence electrons. The van der Waals surface area contributed by atoms with Gasteiger partial charge in [-0.3, -0.25) is 9.69 Å². The average molecular weight is 277 g/mol. The van der Waals surface area contributed by atoms with Crippen LogP contribution in [0.2, 0.25) is 0 Å². The standard InChI is InChI=1S/C14H16FN3O2/c1-9-13(14(17)19)18(4-5-20-9)8-11-6-10(7-16)2-3-12(11)15/h2-3,6,9,13H,4-5,8H2,1H3,(H2,17,19)/t9-,13+/m1/s1. The van der Waals surface area contributed by atoms with Gasteiger partial charge < -0.3 is 10.5 Å². The molecule has 1 saturated heterocycles. The normalized spacial score (nSPS) is 23.2. The number of nitrogens with zero attached hydrogens (tertiary/aromatic N) is 2. The highest BCUT2D eigenvalue weighted by Crippen LogP contribution is 2.19. The van der Waals surface area contributed by atoms with Crippen molar-refractivity contribution < 1.29 is 13.9 Å². The van der Waals surface area contributed by atoms with Crippen molar-refractivity contribution in [3.63, 3.8) is 0 Å². The number of hydrogen-bond donors (Lipinski definition) is 1. The SMILES string of the molecule is C[C@H]1OCCN(Cc2cc(C#N)ccc2F)[C@@H]1C(N)=O. The van der Waals surface area contributed by atoms with E-state index < -0.39 is 17.8 Å². The molecule has 20 heavy (non-hydrogen) atoms. The van der Waals surface area contributed by atoms with Gasteiger partial charge in [-0.05, 0) is 25.1 Å². The van der Waals surface area contributed by atoms with Crippen LogP contribution in [0.15, 0.2) is 18.2 Å². The molecule has 2 atom stereocenters. The first-order valence-electron chi connectivity index (χ1n) is 6.36. The summed E-state index contributed by atoms with van der Waals surface area (Å²) in [6, 6.07) is 5.56. The molecule has 0 saturated carbocycles. The van der Waals surface area contributed by atoms with Gasteiger partial charge in [0.1, 0.15) is 11.9 Å². The molecule has 1 heterocycles. The van der Waals surface area contributed by atoms with Crippen LogP contribution in [0.5, 0.6) is 0 Å². The fourth-order valence-electron chi connectivity index (χ4n) is 2.46. The Bertz CT molecular complexity index is 556. The zero-order valence-corrected chi connectivity index (χ0v) is 11.2. The third-order valence-corrected chi connectivity index (χ3v) is 3.44. The summed E-state index contributed by atoms with van der Waals surface area (Å²) in [6.07, 6.45) is -0.330. The van der Waals surface area contributed by atoms with E-state index in [1.54, 1.807) is 11.8 Å². The molecule has 5 nitrogen and oxygen atoms in total. The van der Waals surface area contributed by atoms with Crippen LogP contribution in [0.4, 0.5) is 4.39 Å². The molecule has 0 aliphatic carbocycles. The second-order valence-corrected chi connectivity index (χ2v) is 4.81. The van der Waals surface area contributed by atoms with Crippen molar-refractivity contribution in [1.29, 1.82) is 5.26 Å². The summed E-state index contributed by atoms with van der Waals surface area (Å²) in [5.74, 6) is -0.889. The van der Waals surface area contributed by atoms with Crippen LogP contribution in [-0.2, 0) is 16.1 Å². The lowest BCUT2D eigenvalue weighted by atomic mass is 10.1. The molecule has 2 rings (SSSR count). The van der Waals surface area contributed by atoms with Crippen LogP contribution < -0.4 is 5.73 Å². The van der Waals surface area contributed by atoms with Crippen molar-refractivity contribution in [3.8, 4) is 6.07 Å². The van der Waals surface area contributed by atoms with E-state index in [1.807, 2.05) is 6.07 Å². The van der Waals surface area contributed by atoms with Crippen molar-refractivity contribution in [2.45, 2.75) is 25.6 Å². The average Bonchev–Trinajstić information content (AvgIpc) is 2.41. The van der Waals surface area contributed by atoms with Crippen LogP contribution in [0.25, 0.3) is 0 Å². The Kier molecular flexibility index (Phi) is 4.32. The summed E-state index contributed by atoms with van der Waals surface area (Å²) >= 11 is 0. The number of rotatable bonds is 3. The summed E-state index contributed by atoms with van der Waals surface area (Å²) in [4.78, 5) is 13.3. The lowest BCUT2D eigenvalue weighted by Crippen LogP contribution is -2.56. The Balaban J connectivity index is 2.23. The van der Waals surface area contributed by atoms with E-state index in [2.05, 4.69) is 0 Å². The first-order valence-corrected chi connectivity index (χ1v) is 6.36. The largest absolute Gasteiger partial charge is 0.375 e. The number of amides is 1. The summed E-state index contributed by atoms with van der Waals surface area (Å²) in [6.45, 7) is 2.95. The second kappa shape index (κ2) is 5.99. The highest BCUT2D eigenvalue weighted by molar-refractivity contribution is 5.80. The molecular weight excluding hydrogens is 261 g/mol. The van der Waals surface area contributed by atoms with Gasteiger partial charge in [0.05, 0.1) is 24.3 Å². The van der Waals surface area contributed by atoms with Gasteiger partial charge in [-0.15, -0.1) is 0 Å². The quantitative estimate of drug-likeness (QED) is 0.885. The third kappa shape index (κ3) is 2.95. The van der Waals surface area contributed by atoms with E-state index in [4.69, 9.17) is 15.7 Å². The lowest BCUT2D eigenvalue weighted by molar-refractivity contribution is -0.136. The molecule has 1 amide bonds. The number of hydrogen-bond acceptors (Lipinski definition) is 4. The maximum atomic E-state index is 13.8. The zero-order chi connectivity index (χ0) is 14.7. The monoisotopic (exact) mass is 277 g/mol. The molecular formula is C14H16FN3O2. The molecule has 1 aliphatic rings. The van der Waals surface area contributed by atoms with Gasteiger partial charge in [-0.2, -0.15) is 5.26 Å². The Hall–Kier alpha value is -1.97. The van der Waals surface area contributed by atoms with Crippen molar-refractivity contribution in [1.82, 2.24) is 4.90 Å². The number of nitrogens with two attached hydrogens (primary N) is 1. The number of benzene rings is 1. The highest BCUT2D eigenvalue weighted by atomic mass is 19.1. The van der Waals surface area contributed by atoms with E-state index in [0.29, 0.717) is 24.3 Å². The molecule has 0 radical (unpaired) electrons. The van der Waals surface area contributed by atoms with Crippen LogP contribution >= 0.6 is 0 Å². The third-order valence-electron chi connectivity index (χ3n) is 3.44. The first-order chi connectivity index (χ1) is 9.52. The fraction of sp³-hybridized carbons (Fsp3) is 0.429. The van der Waals surface area contributed by atoms with E-state index in [9.17, 15) is 9.18 Å². The van der Waals surface area contributed by atoms with Crippen molar-refractivity contribution in [2.24, 2.45) is 5.73 Å². The number of morpholine rings is 1. The van der Waals surface area contributed by atoms with E-state index in [0.717, 1.165) is 0 Å². The maximum Gasteiger partial charge on any atom is 0.237 e. The summed E-state index contributed by atoms with van der Waals surface area (Å²) in [7, 11) is 0. The Morgan fingerprint density at radius 3 is 3.05 bits per heavy atom. The van der Waals surface area contributed by atoms with Gasteiger partial charge in [-0.1, -0.05) is 0 Å². The lowest BCUT2D eigenvalue weighted by Gasteiger charge is -2.37. The van der Waals surface area contributed by atoms with Gasteiger partial charge in [0.15, 0.2) is 0 Å². The molecule has 1 aliphatic heterocycles. The molecule has 2 N–H and O–H groups in total. The minimum Gasteiger partial charge on any atom is -0.375 e. The molecule has 6 heteroatoms. The van der Waals surface area contributed by atoms with E-state index in [1.165, 1.54) is 18.2 Å². The number of carbonyl (C=O) groups excluding carboxylic acids is 1. The summed E-state index contributed by atoms with van der Waals surface area (Å²) in [5, 5.41) is 8.86. The zero-order valence-electron chi connectivity index (χ0n) is 11.2. The number of primary amides is 1. The molecule has 0 unspecified atom stereocenters.